The number of halogens is 1. The summed E-state index contributed by atoms with van der Waals surface area (Å²) in [7, 11) is 2.08. The molecule has 7 rings (SSSR count). The number of likely N-dealkylation sites (tertiary alicyclic amines) is 1. The minimum Gasteiger partial charge on any atom is -0.508 e. The highest BCUT2D eigenvalue weighted by Gasteiger charge is 2.44. The molecular weight excluding hydrogens is 587 g/mol. The van der Waals surface area contributed by atoms with E-state index in [2.05, 4.69) is 32.1 Å². The van der Waals surface area contributed by atoms with E-state index in [9.17, 15) is 9.90 Å². The minimum absolute atomic E-state index is 0.00618. The van der Waals surface area contributed by atoms with Crippen molar-refractivity contribution in [2.45, 2.75) is 64.1 Å². The van der Waals surface area contributed by atoms with Gasteiger partial charge in [0.05, 0.1) is 5.39 Å². The molecule has 1 amide bonds. The molecule has 3 atom stereocenters. The average molecular weight is 629 g/mol. The fourth-order valence-corrected chi connectivity index (χ4v) is 7.44. The number of benzene rings is 2. The van der Waals surface area contributed by atoms with Gasteiger partial charge < -0.3 is 29.7 Å². The number of nitrogens with one attached hydrogen (secondary N) is 1. The molecule has 3 aliphatic rings. The van der Waals surface area contributed by atoms with E-state index in [4.69, 9.17) is 14.5 Å². The summed E-state index contributed by atoms with van der Waals surface area (Å²) in [5.74, 6) is 0.378. The third-order valence-electron chi connectivity index (χ3n) is 9.64. The molecule has 10 nitrogen and oxygen atoms in total. The molecule has 1 saturated carbocycles. The number of phenols is 1. The summed E-state index contributed by atoms with van der Waals surface area (Å²) in [4.78, 5) is 31.2. The first-order valence-corrected chi connectivity index (χ1v) is 16.2. The topological polar surface area (TPSA) is 113 Å². The summed E-state index contributed by atoms with van der Waals surface area (Å²) in [6, 6.07) is 11.1. The lowest BCUT2D eigenvalue weighted by molar-refractivity contribution is 0.0472. The molecule has 0 radical (unpaired) electrons. The first-order valence-electron chi connectivity index (χ1n) is 16.2. The Bertz CT molecular complexity index is 1780. The molecule has 2 unspecified atom stereocenters. The molecule has 2 aromatic heterocycles. The van der Waals surface area contributed by atoms with Crippen molar-refractivity contribution in [2.24, 2.45) is 11.8 Å². The van der Waals surface area contributed by atoms with E-state index in [-0.39, 0.29) is 46.9 Å². The van der Waals surface area contributed by atoms with Gasteiger partial charge in [-0.2, -0.15) is 9.97 Å². The van der Waals surface area contributed by atoms with Gasteiger partial charge in [0.25, 0.3) is 0 Å². The van der Waals surface area contributed by atoms with E-state index < -0.39 is 17.5 Å². The molecule has 2 saturated heterocycles. The SMILES string of the molecule is CN1CCC[C@H]1COc1nc(N2CC3CCC(C2)C3NC(=O)OC(C)(C)C)c2cnc(-c3cc(O)cc4ccccc34)c(F)c2n1. The number of aromatic hydroxyl groups is 1. The third kappa shape index (κ3) is 5.88. The first-order chi connectivity index (χ1) is 22.0. The smallest absolute Gasteiger partial charge is 0.407 e. The number of alkyl carbamates (subject to hydrolysis) is 1. The molecule has 3 fully saturated rings. The van der Waals surface area contributed by atoms with Gasteiger partial charge in [0.2, 0.25) is 0 Å². The Balaban J connectivity index is 1.26. The monoisotopic (exact) mass is 628 g/mol. The summed E-state index contributed by atoms with van der Waals surface area (Å²) in [6.07, 6.45) is 5.27. The van der Waals surface area contributed by atoms with Crippen LogP contribution >= 0.6 is 0 Å². The van der Waals surface area contributed by atoms with Crippen LogP contribution < -0.4 is 15.0 Å². The Kier molecular flexibility index (Phi) is 7.83. The third-order valence-corrected chi connectivity index (χ3v) is 9.64. The van der Waals surface area contributed by atoms with Crippen LogP contribution in [0.1, 0.15) is 46.5 Å². The number of hydrogen-bond donors (Lipinski definition) is 2. The lowest BCUT2D eigenvalue weighted by atomic mass is 9.92. The summed E-state index contributed by atoms with van der Waals surface area (Å²) in [5, 5.41) is 15.7. The molecular formula is C35H41FN6O4. The predicted molar refractivity (Wildman–Crippen MR) is 175 cm³/mol. The van der Waals surface area contributed by atoms with Gasteiger partial charge in [0, 0.05) is 36.9 Å². The van der Waals surface area contributed by atoms with Crippen LogP contribution in [-0.4, -0.2) is 82.0 Å². The highest BCUT2D eigenvalue weighted by molar-refractivity contribution is 5.99. The number of phenolic OH excluding ortho intramolecular Hbond substituents is 1. The quantitative estimate of drug-likeness (QED) is 0.269. The second-order valence-electron chi connectivity index (χ2n) is 14.0. The fraction of sp³-hybridized carbons (Fsp3) is 0.486. The summed E-state index contributed by atoms with van der Waals surface area (Å²) >= 11 is 0. The highest BCUT2D eigenvalue weighted by Crippen LogP contribution is 2.42. The first kappa shape index (κ1) is 30.4. The number of piperidine rings is 1. The average Bonchev–Trinajstić information content (AvgIpc) is 3.51. The number of hydrogen-bond acceptors (Lipinski definition) is 9. The Hall–Kier alpha value is -4.25. The molecule has 11 heteroatoms. The summed E-state index contributed by atoms with van der Waals surface area (Å²) < 4.78 is 28.4. The number of anilines is 1. The zero-order valence-corrected chi connectivity index (χ0v) is 26.8. The van der Waals surface area contributed by atoms with Crippen LogP contribution in [0.3, 0.4) is 0 Å². The van der Waals surface area contributed by atoms with Gasteiger partial charge >= 0.3 is 12.1 Å². The molecule has 4 heterocycles. The van der Waals surface area contributed by atoms with E-state index in [1.54, 1.807) is 12.3 Å². The largest absolute Gasteiger partial charge is 0.508 e. The zero-order valence-electron chi connectivity index (χ0n) is 26.8. The maximum absolute atomic E-state index is 16.7. The van der Waals surface area contributed by atoms with Crippen molar-refractivity contribution in [1.82, 2.24) is 25.2 Å². The molecule has 2 aromatic carbocycles. The standard InChI is InChI=1S/C35H41FN6O4/c1-35(2,3)46-34(44)39-29-21-11-12-22(29)18-42(17-21)32-27-16-37-30(26-15-24(43)14-20-8-5-6-10-25(20)26)28(36)31(27)38-33(40-32)45-19-23-9-7-13-41(23)4/h5-6,8,10,14-16,21-23,29,43H,7,9,11-13,17-19H2,1-4H3,(H,39,44)/t21?,22?,23-,29?/m0/s1. The molecule has 2 aliphatic heterocycles. The molecule has 2 bridgehead atoms. The van der Waals surface area contributed by atoms with E-state index in [0.717, 1.165) is 43.0 Å². The molecule has 1 aliphatic carbocycles. The summed E-state index contributed by atoms with van der Waals surface area (Å²) in [5.41, 5.74) is 0.135. The second kappa shape index (κ2) is 11.8. The number of likely N-dealkylation sites (N-methyl/N-ethyl adjacent to an activating group) is 1. The van der Waals surface area contributed by atoms with Crippen LogP contribution in [0.25, 0.3) is 32.9 Å². The highest BCUT2D eigenvalue weighted by atomic mass is 19.1. The van der Waals surface area contributed by atoms with Crippen molar-refractivity contribution in [3.8, 4) is 23.0 Å². The van der Waals surface area contributed by atoms with Gasteiger partial charge in [0.1, 0.15) is 35.0 Å². The van der Waals surface area contributed by atoms with Gasteiger partial charge in [-0.1, -0.05) is 24.3 Å². The Labute approximate surface area is 267 Å². The number of rotatable bonds is 6. The van der Waals surface area contributed by atoms with Crippen LogP contribution in [-0.2, 0) is 4.74 Å². The Morgan fingerprint density at radius 2 is 1.85 bits per heavy atom. The van der Waals surface area contributed by atoms with Crippen LogP contribution in [0.15, 0.2) is 42.6 Å². The molecule has 4 aromatic rings. The van der Waals surface area contributed by atoms with Crippen LogP contribution in [0, 0.1) is 17.7 Å². The molecule has 242 valence electrons. The maximum atomic E-state index is 16.7. The number of pyridine rings is 1. The number of amides is 1. The molecule has 46 heavy (non-hydrogen) atoms. The van der Waals surface area contributed by atoms with Crippen molar-refractivity contribution in [3.63, 3.8) is 0 Å². The number of fused-ring (bicyclic) bond motifs is 4. The summed E-state index contributed by atoms with van der Waals surface area (Å²) in [6.45, 7) is 8.25. The van der Waals surface area contributed by atoms with E-state index in [1.165, 1.54) is 6.07 Å². The normalized spacial score (nSPS) is 23.3. The van der Waals surface area contributed by atoms with Crippen molar-refractivity contribution < 1.29 is 23.8 Å². The van der Waals surface area contributed by atoms with E-state index in [0.29, 0.717) is 36.5 Å². The van der Waals surface area contributed by atoms with Crippen LogP contribution in [0.2, 0.25) is 0 Å². The fourth-order valence-electron chi connectivity index (χ4n) is 7.44. The number of nitrogens with zero attached hydrogens (tertiary/aromatic N) is 5. The molecule has 0 spiro atoms. The lowest BCUT2D eigenvalue weighted by Crippen LogP contribution is -2.53. The van der Waals surface area contributed by atoms with E-state index >= 15 is 4.39 Å². The van der Waals surface area contributed by atoms with Gasteiger partial charge in [-0.15, -0.1) is 0 Å². The maximum Gasteiger partial charge on any atom is 0.407 e. The number of carbonyl (C=O) groups is 1. The van der Waals surface area contributed by atoms with Gasteiger partial charge in [0.15, 0.2) is 5.82 Å². The van der Waals surface area contributed by atoms with Crippen molar-refractivity contribution in [2.75, 3.05) is 38.2 Å². The van der Waals surface area contributed by atoms with Crippen molar-refractivity contribution in [1.29, 1.82) is 0 Å². The molecule has 2 N–H and O–H groups in total. The van der Waals surface area contributed by atoms with Crippen LogP contribution in [0.5, 0.6) is 11.8 Å². The van der Waals surface area contributed by atoms with E-state index in [1.807, 2.05) is 45.0 Å². The predicted octanol–water partition coefficient (Wildman–Crippen LogP) is 5.90. The number of ether oxygens (including phenoxy) is 2. The van der Waals surface area contributed by atoms with Crippen molar-refractivity contribution in [3.05, 3.63) is 48.4 Å². The van der Waals surface area contributed by atoms with Gasteiger partial charge in [-0.3, -0.25) is 4.98 Å². The number of carbonyl (C=O) groups excluding carboxylic acids is 1. The lowest BCUT2D eigenvalue weighted by Gasteiger charge is -2.39. The second-order valence-corrected chi connectivity index (χ2v) is 14.0. The Morgan fingerprint density at radius 1 is 1.09 bits per heavy atom. The Morgan fingerprint density at radius 3 is 2.57 bits per heavy atom. The van der Waals surface area contributed by atoms with Gasteiger partial charge in [-0.05, 0) is 94.8 Å². The van der Waals surface area contributed by atoms with Gasteiger partial charge in [-0.25, -0.2) is 9.18 Å². The minimum atomic E-state index is -0.593. The van der Waals surface area contributed by atoms with Crippen LogP contribution in [0.4, 0.5) is 15.0 Å². The van der Waals surface area contributed by atoms with Crippen molar-refractivity contribution >= 4 is 33.6 Å². The number of aromatic nitrogens is 3. The zero-order chi connectivity index (χ0) is 32.2.